The van der Waals surface area contributed by atoms with Crippen LogP contribution >= 0.6 is 0 Å². The van der Waals surface area contributed by atoms with E-state index in [1.807, 2.05) is 68.5 Å². The number of rotatable bonds is 12. The van der Waals surface area contributed by atoms with Gasteiger partial charge in [-0.05, 0) is 44.0 Å². The summed E-state index contributed by atoms with van der Waals surface area (Å²) in [6.07, 6.45) is 6.30. The third-order valence-corrected chi connectivity index (χ3v) is 5.49. The summed E-state index contributed by atoms with van der Waals surface area (Å²) in [5, 5.41) is 0.829. The van der Waals surface area contributed by atoms with Gasteiger partial charge in [0.2, 0.25) is 5.75 Å². The molecule has 176 valence electrons. The molecule has 5 nitrogen and oxygen atoms in total. The first-order chi connectivity index (χ1) is 16.0. The van der Waals surface area contributed by atoms with E-state index in [9.17, 15) is 4.79 Å². The Balaban J connectivity index is 1.92. The number of aromatic nitrogens is 1. The minimum atomic E-state index is -0.203. The minimum Gasteiger partial charge on any atom is -0.489 e. The molecule has 0 saturated heterocycles. The topological polar surface area (TPSA) is 49.7 Å². The van der Waals surface area contributed by atoms with Crippen molar-refractivity contribution in [2.45, 2.75) is 53.1 Å². The number of hydrogen-bond acceptors (Lipinski definition) is 4. The molecule has 0 aliphatic rings. The van der Waals surface area contributed by atoms with E-state index in [1.165, 1.54) is 0 Å². The van der Waals surface area contributed by atoms with E-state index >= 15 is 0 Å². The summed E-state index contributed by atoms with van der Waals surface area (Å²) >= 11 is 0. The molecule has 33 heavy (non-hydrogen) atoms. The van der Waals surface area contributed by atoms with Gasteiger partial charge in [0.1, 0.15) is 19.0 Å². The van der Waals surface area contributed by atoms with Gasteiger partial charge in [-0.3, -0.25) is 4.79 Å². The highest BCUT2D eigenvalue weighted by Crippen LogP contribution is 2.34. The Morgan fingerprint density at radius 3 is 2.45 bits per heavy atom. The van der Waals surface area contributed by atoms with Gasteiger partial charge >= 0.3 is 0 Å². The second-order valence-corrected chi connectivity index (χ2v) is 8.48. The number of fused-ring (bicyclic) bond motifs is 1. The first kappa shape index (κ1) is 24.4. The van der Waals surface area contributed by atoms with Crippen molar-refractivity contribution in [2.75, 3.05) is 13.2 Å². The van der Waals surface area contributed by atoms with Crippen molar-refractivity contribution in [2.24, 2.45) is 7.05 Å². The molecular weight excluding hydrogens is 414 g/mol. The van der Waals surface area contributed by atoms with E-state index < -0.39 is 0 Å². The molecule has 0 fully saturated rings. The van der Waals surface area contributed by atoms with Crippen LogP contribution in [0.5, 0.6) is 17.2 Å². The average molecular weight is 450 g/mol. The van der Waals surface area contributed by atoms with E-state index in [-0.39, 0.29) is 11.3 Å². The smallest absolute Gasteiger partial charge is 0.297 e. The molecule has 0 radical (unpaired) electrons. The second kappa shape index (κ2) is 12.1. The lowest BCUT2D eigenvalue weighted by atomic mass is 10.1. The molecule has 2 aromatic carbocycles. The highest BCUT2D eigenvalue weighted by molar-refractivity contribution is 5.89. The number of aryl methyl sites for hydroxylation is 1. The van der Waals surface area contributed by atoms with Crippen molar-refractivity contribution in [3.8, 4) is 17.2 Å². The molecule has 0 saturated carbocycles. The first-order valence-electron chi connectivity index (χ1n) is 11.7. The van der Waals surface area contributed by atoms with E-state index in [1.54, 1.807) is 11.6 Å². The van der Waals surface area contributed by atoms with E-state index in [0.29, 0.717) is 31.3 Å². The van der Waals surface area contributed by atoms with Gasteiger partial charge in [-0.2, -0.15) is 0 Å². The maximum absolute atomic E-state index is 13.2. The number of allylic oxidation sites excluding steroid dienone is 1. The molecular formula is C28H35NO4. The average Bonchev–Trinajstić information content (AvgIpc) is 2.82. The lowest BCUT2D eigenvalue weighted by molar-refractivity contribution is 0.273. The zero-order valence-corrected chi connectivity index (χ0v) is 20.2. The van der Waals surface area contributed by atoms with Gasteiger partial charge in [0.15, 0.2) is 5.75 Å². The molecule has 0 atom stereocenters. The van der Waals surface area contributed by atoms with Crippen molar-refractivity contribution in [3.63, 3.8) is 0 Å². The van der Waals surface area contributed by atoms with Crippen LogP contribution in [0.15, 0.2) is 65.0 Å². The Morgan fingerprint density at radius 2 is 1.73 bits per heavy atom. The summed E-state index contributed by atoms with van der Waals surface area (Å²) in [7, 11) is 1.76. The van der Waals surface area contributed by atoms with Crippen molar-refractivity contribution in [1.29, 1.82) is 0 Å². The highest BCUT2D eigenvalue weighted by Gasteiger charge is 2.19. The monoisotopic (exact) mass is 449 g/mol. The van der Waals surface area contributed by atoms with Crippen LogP contribution in [0.1, 0.15) is 52.0 Å². The normalized spacial score (nSPS) is 10.8. The Bertz CT molecular complexity index is 1130. The van der Waals surface area contributed by atoms with Gasteiger partial charge in [-0.25, -0.2) is 0 Å². The Labute approximate surface area is 196 Å². The number of benzene rings is 2. The molecule has 0 bridgehead atoms. The van der Waals surface area contributed by atoms with Crippen molar-refractivity contribution < 1.29 is 14.2 Å². The molecule has 0 unspecified atom stereocenters. The fourth-order valence-corrected chi connectivity index (χ4v) is 3.56. The third kappa shape index (κ3) is 6.64. The standard InChI is InChI=1S/C28H35NO4/c1-5-6-7-11-17-31-27-26(32-18-16-21(2)3)24-15-14-23(19-25(24)29(4)28(27)30)33-20-22-12-9-8-10-13-22/h8-10,12-16,19H,5-7,11,17-18,20H2,1-4H3. The third-order valence-electron chi connectivity index (χ3n) is 5.49. The van der Waals surface area contributed by atoms with Crippen LogP contribution in [0.4, 0.5) is 0 Å². The van der Waals surface area contributed by atoms with E-state index in [4.69, 9.17) is 14.2 Å². The molecule has 0 spiro atoms. The van der Waals surface area contributed by atoms with Gasteiger partial charge in [-0.15, -0.1) is 0 Å². The Morgan fingerprint density at radius 1 is 0.939 bits per heavy atom. The van der Waals surface area contributed by atoms with Crippen LogP contribution in [0.3, 0.4) is 0 Å². The number of hydrogen-bond donors (Lipinski definition) is 0. The molecule has 5 heteroatoms. The quantitative estimate of drug-likeness (QED) is 0.236. The number of pyridine rings is 1. The van der Waals surface area contributed by atoms with Crippen LogP contribution in [0.25, 0.3) is 10.9 Å². The fraction of sp³-hybridized carbons (Fsp3) is 0.393. The largest absolute Gasteiger partial charge is 0.489 e. The molecule has 0 amide bonds. The molecule has 3 aromatic rings. The molecule has 1 aromatic heterocycles. The maximum Gasteiger partial charge on any atom is 0.297 e. The fourth-order valence-electron chi connectivity index (χ4n) is 3.56. The van der Waals surface area contributed by atoms with Crippen molar-refractivity contribution in [1.82, 2.24) is 4.57 Å². The SMILES string of the molecule is CCCCCCOc1c(OCC=C(C)C)c2ccc(OCc3ccccc3)cc2n(C)c1=O. The van der Waals surface area contributed by atoms with Crippen molar-refractivity contribution in [3.05, 3.63) is 76.1 Å². The zero-order valence-electron chi connectivity index (χ0n) is 20.2. The predicted octanol–water partition coefficient (Wildman–Crippen LogP) is 6.42. The van der Waals surface area contributed by atoms with Gasteiger partial charge in [0, 0.05) is 18.5 Å². The summed E-state index contributed by atoms with van der Waals surface area (Å²) in [6, 6.07) is 15.7. The Kier molecular flexibility index (Phi) is 8.99. The maximum atomic E-state index is 13.2. The molecule has 1 heterocycles. The number of unbranched alkanes of at least 4 members (excludes halogenated alkanes) is 3. The summed E-state index contributed by atoms with van der Waals surface area (Å²) in [5.74, 6) is 1.47. The highest BCUT2D eigenvalue weighted by atomic mass is 16.5. The zero-order chi connectivity index (χ0) is 23.6. The first-order valence-corrected chi connectivity index (χ1v) is 11.7. The van der Waals surface area contributed by atoms with Crippen LogP contribution < -0.4 is 19.8 Å². The van der Waals surface area contributed by atoms with Crippen LogP contribution in [0.2, 0.25) is 0 Å². The van der Waals surface area contributed by atoms with Crippen LogP contribution in [0, 0.1) is 0 Å². The number of ether oxygens (including phenoxy) is 3. The molecule has 0 aliphatic carbocycles. The van der Waals surface area contributed by atoms with Gasteiger partial charge in [-0.1, -0.05) is 62.1 Å². The van der Waals surface area contributed by atoms with E-state index in [2.05, 4.69) is 6.92 Å². The molecule has 3 rings (SSSR count). The Hall–Kier alpha value is -3.21. The summed E-state index contributed by atoms with van der Waals surface area (Å²) < 4.78 is 19.7. The molecule has 0 aliphatic heterocycles. The molecule has 0 N–H and O–H groups in total. The summed E-state index contributed by atoms with van der Waals surface area (Å²) in [4.78, 5) is 13.2. The lowest BCUT2D eigenvalue weighted by Crippen LogP contribution is -2.21. The minimum absolute atomic E-state index is 0.203. The second-order valence-electron chi connectivity index (χ2n) is 8.48. The van der Waals surface area contributed by atoms with Gasteiger partial charge < -0.3 is 18.8 Å². The summed E-state index contributed by atoms with van der Waals surface area (Å²) in [5.41, 5.74) is 2.78. The van der Waals surface area contributed by atoms with Gasteiger partial charge in [0.05, 0.1) is 12.1 Å². The van der Waals surface area contributed by atoms with E-state index in [0.717, 1.165) is 47.7 Å². The number of nitrogens with zero attached hydrogens (tertiary/aromatic N) is 1. The van der Waals surface area contributed by atoms with Crippen LogP contribution in [-0.4, -0.2) is 17.8 Å². The van der Waals surface area contributed by atoms with Gasteiger partial charge in [0.25, 0.3) is 5.56 Å². The predicted molar refractivity (Wildman–Crippen MR) is 135 cm³/mol. The summed E-state index contributed by atoms with van der Waals surface area (Å²) in [6.45, 7) is 7.55. The van der Waals surface area contributed by atoms with Crippen molar-refractivity contribution >= 4 is 10.9 Å². The van der Waals surface area contributed by atoms with Crippen LogP contribution in [-0.2, 0) is 13.7 Å². The lowest BCUT2D eigenvalue weighted by Gasteiger charge is -2.17.